The molecule has 0 saturated carbocycles. The van der Waals surface area contributed by atoms with Crippen LogP contribution in [0.4, 0.5) is 18.9 Å². The Balaban J connectivity index is 1.68. The molecule has 1 atom stereocenters. The average Bonchev–Trinajstić information content (AvgIpc) is 3.14. The Kier molecular flexibility index (Phi) is 4.70. The molecule has 1 N–H and O–H groups in total. The summed E-state index contributed by atoms with van der Waals surface area (Å²) >= 11 is 0. The predicted octanol–water partition coefficient (Wildman–Crippen LogP) is 3.62. The van der Waals surface area contributed by atoms with E-state index in [2.05, 4.69) is 21.9 Å². The van der Waals surface area contributed by atoms with Crippen LogP contribution in [0.25, 0.3) is 0 Å². The third-order valence-corrected chi connectivity index (χ3v) is 4.68. The molecule has 6 nitrogen and oxygen atoms in total. The van der Waals surface area contributed by atoms with Crippen molar-refractivity contribution >= 4 is 11.6 Å². The molecule has 0 aliphatic carbocycles. The maximum atomic E-state index is 13.1. The fourth-order valence-corrected chi connectivity index (χ4v) is 3.24. The Morgan fingerprint density at radius 3 is 2.53 bits per heavy atom. The van der Waals surface area contributed by atoms with Gasteiger partial charge in [-0.05, 0) is 37.3 Å². The van der Waals surface area contributed by atoms with E-state index < -0.39 is 17.6 Å². The van der Waals surface area contributed by atoms with E-state index in [4.69, 9.17) is 0 Å². The lowest BCUT2D eigenvalue weighted by molar-refractivity contribution is -0.137. The number of carbonyl (C=O) groups excluding carboxylic acids is 1. The number of fused-ring (bicyclic) bond motifs is 1. The summed E-state index contributed by atoms with van der Waals surface area (Å²) in [6.07, 6.45) is -0.217. The van der Waals surface area contributed by atoms with E-state index in [1.807, 2.05) is 6.92 Å². The first-order valence-electron chi connectivity index (χ1n) is 8.96. The lowest BCUT2D eigenvalue weighted by Gasteiger charge is -2.32. The van der Waals surface area contributed by atoms with Gasteiger partial charge in [-0.25, -0.2) is 0 Å². The number of hydrogen-bond acceptors (Lipinski definition) is 4. The number of aromatic hydroxyl groups is 1. The fraction of sp³-hybridized carbons (Fsp3) is 0.190. The van der Waals surface area contributed by atoms with Crippen LogP contribution in [0.5, 0.6) is 5.75 Å². The molecule has 152 valence electrons. The molecule has 0 bridgehead atoms. The Morgan fingerprint density at radius 2 is 1.87 bits per heavy atom. The summed E-state index contributed by atoms with van der Waals surface area (Å²) in [5, 5.41) is 13.7. The number of carbonyl (C=O) groups is 1. The number of alkyl halides is 3. The zero-order valence-electron chi connectivity index (χ0n) is 15.7. The molecule has 1 aromatic carbocycles. The van der Waals surface area contributed by atoms with Crippen LogP contribution in [0.15, 0.2) is 48.9 Å². The molecule has 1 amide bonds. The van der Waals surface area contributed by atoms with Crippen LogP contribution in [0.2, 0.25) is 0 Å². The van der Waals surface area contributed by atoms with Crippen molar-refractivity contribution in [1.82, 2.24) is 14.8 Å². The zero-order valence-corrected chi connectivity index (χ0v) is 15.7. The van der Waals surface area contributed by atoms with Gasteiger partial charge < -0.3 is 10.0 Å². The van der Waals surface area contributed by atoms with Crippen LogP contribution >= 0.6 is 0 Å². The molecule has 2 aromatic heterocycles. The minimum atomic E-state index is -4.44. The van der Waals surface area contributed by atoms with Crippen molar-refractivity contribution in [2.24, 2.45) is 0 Å². The highest BCUT2D eigenvalue weighted by Gasteiger charge is 2.34. The number of benzene rings is 1. The van der Waals surface area contributed by atoms with Gasteiger partial charge in [0, 0.05) is 24.0 Å². The highest BCUT2D eigenvalue weighted by atomic mass is 19.4. The normalized spacial score (nSPS) is 16.1. The third kappa shape index (κ3) is 3.59. The Bertz CT molecular complexity index is 1170. The summed E-state index contributed by atoms with van der Waals surface area (Å²) in [5.41, 5.74) is 0.690. The summed E-state index contributed by atoms with van der Waals surface area (Å²) in [7, 11) is 0. The van der Waals surface area contributed by atoms with E-state index >= 15 is 0 Å². The van der Waals surface area contributed by atoms with Gasteiger partial charge in [0.05, 0.1) is 29.6 Å². The van der Waals surface area contributed by atoms with E-state index in [9.17, 15) is 23.1 Å². The maximum Gasteiger partial charge on any atom is 0.416 e. The Hall–Kier alpha value is -3.80. The number of pyridine rings is 1. The van der Waals surface area contributed by atoms with Gasteiger partial charge in [0.15, 0.2) is 0 Å². The largest absolute Gasteiger partial charge is 0.506 e. The van der Waals surface area contributed by atoms with Gasteiger partial charge in [-0.15, -0.1) is 0 Å². The quantitative estimate of drug-likeness (QED) is 0.620. The van der Waals surface area contributed by atoms with Crippen molar-refractivity contribution in [3.63, 3.8) is 0 Å². The zero-order chi connectivity index (χ0) is 21.5. The van der Waals surface area contributed by atoms with E-state index in [-0.39, 0.29) is 24.0 Å². The molecule has 3 heterocycles. The van der Waals surface area contributed by atoms with Crippen LogP contribution in [0, 0.1) is 11.8 Å². The first-order valence-corrected chi connectivity index (χ1v) is 8.96. The summed E-state index contributed by atoms with van der Waals surface area (Å²) in [4.78, 5) is 18.4. The SMILES string of the molecule is CC1CN(c2ccc(C(F)(F)F)cc2)C(=O)c2c(C#Cc3cncc(O)c3)cnn21. The van der Waals surface area contributed by atoms with Crippen LogP contribution < -0.4 is 4.90 Å². The molecular weight excluding hydrogens is 397 g/mol. The summed E-state index contributed by atoms with van der Waals surface area (Å²) in [6.45, 7) is 2.12. The molecule has 4 rings (SSSR count). The Labute approximate surface area is 169 Å². The van der Waals surface area contributed by atoms with Crippen LogP contribution in [0.3, 0.4) is 0 Å². The summed E-state index contributed by atoms with van der Waals surface area (Å²) < 4.78 is 40.1. The minimum Gasteiger partial charge on any atom is -0.506 e. The highest BCUT2D eigenvalue weighted by Crippen LogP contribution is 2.32. The molecule has 0 radical (unpaired) electrons. The Morgan fingerprint density at radius 1 is 1.13 bits per heavy atom. The molecule has 0 saturated heterocycles. The maximum absolute atomic E-state index is 13.1. The van der Waals surface area contributed by atoms with Crippen molar-refractivity contribution in [3.8, 4) is 17.6 Å². The number of rotatable bonds is 1. The molecule has 1 unspecified atom stereocenters. The van der Waals surface area contributed by atoms with Crippen molar-refractivity contribution < 1.29 is 23.1 Å². The topological polar surface area (TPSA) is 71.2 Å². The second-order valence-corrected chi connectivity index (χ2v) is 6.84. The van der Waals surface area contributed by atoms with Crippen LogP contribution in [-0.2, 0) is 6.18 Å². The average molecular weight is 412 g/mol. The van der Waals surface area contributed by atoms with Crippen LogP contribution in [0.1, 0.15) is 40.1 Å². The number of halogens is 3. The van der Waals surface area contributed by atoms with Gasteiger partial charge in [0.1, 0.15) is 11.4 Å². The minimum absolute atomic E-state index is 0.0305. The van der Waals surface area contributed by atoms with Gasteiger partial charge in [0.25, 0.3) is 5.91 Å². The number of nitrogens with zero attached hydrogens (tertiary/aromatic N) is 4. The van der Waals surface area contributed by atoms with Crippen molar-refractivity contribution in [1.29, 1.82) is 0 Å². The summed E-state index contributed by atoms with van der Waals surface area (Å²) in [6, 6.07) is 5.71. The first-order chi connectivity index (χ1) is 14.2. The van der Waals surface area contributed by atoms with E-state index in [1.54, 1.807) is 4.68 Å². The number of aromatic nitrogens is 3. The monoisotopic (exact) mass is 412 g/mol. The number of amides is 1. The van der Waals surface area contributed by atoms with Gasteiger partial charge in [-0.3, -0.25) is 14.5 Å². The number of hydrogen-bond donors (Lipinski definition) is 1. The standard InChI is InChI=1S/C21H15F3N4O2/c1-13-12-27(17-6-4-16(5-7-17)21(22,23)24)20(30)19-15(10-26-28(13)19)3-2-14-8-18(29)11-25-9-14/h4-11,13,29H,12H2,1H3. The first kappa shape index (κ1) is 19.5. The lowest BCUT2D eigenvalue weighted by Crippen LogP contribution is -2.43. The smallest absolute Gasteiger partial charge is 0.416 e. The van der Waals surface area contributed by atoms with E-state index in [0.29, 0.717) is 16.8 Å². The molecule has 30 heavy (non-hydrogen) atoms. The van der Waals surface area contributed by atoms with E-state index in [0.717, 1.165) is 12.1 Å². The van der Waals surface area contributed by atoms with Gasteiger partial charge in [0.2, 0.25) is 0 Å². The van der Waals surface area contributed by atoms with Gasteiger partial charge in [-0.1, -0.05) is 11.8 Å². The van der Waals surface area contributed by atoms with Crippen molar-refractivity contribution in [2.75, 3.05) is 11.4 Å². The molecule has 3 aromatic rings. The molecule has 0 spiro atoms. The molecule has 9 heteroatoms. The highest BCUT2D eigenvalue weighted by molar-refractivity contribution is 6.07. The third-order valence-electron chi connectivity index (χ3n) is 4.68. The lowest BCUT2D eigenvalue weighted by atomic mass is 10.1. The van der Waals surface area contributed by atoms with Gasteiger partial charge in [-0.2, -0.15) is 18.3 Å². The van der Waals surface area contributed by atoms with Crippen molar-refractivity contribution in [2.45, 2.75) is 19.1 Å². The van der Waals surface area contributed by atoms with Crippen molar-refractivity contribution in [3.05, 3.63) is 71.3 Å². The molecule has 0 fully saturated rings. The molecular formula is C21H15F3N4O2. The van der Waals surface area contributed by atoms with Crippen LogP contribution in [-0.4, -0.2) is 32.3 Å². The van der Waals surface area contributed by atoms with E-state index in [1.165, 1.54) is 41.7 Å². The van der Waals surface area contributed by atoms with Gasteiger partial charge >= 0.3 is 6.18 Å². The number of anilines is 1. The predicted molar refractivity (Wildman–Crippen MR) is 102 cm³/mol. The summed E-state index contributed by atoms with van der Waals surface area (Å²) in [5.74, 6) is 5.27. The second kappa shape index (κ2) is 7.22. The molecule has 1 aliphatic rings. The second-order valence-electron chi connectivity index (χ2n) is 6.84. The molecule has 1 aliphatic heterocycles. The fourth-order valence-electron chi connectivity index (χ4n) is 3.24.